The standard InChI is InChI=1S/C10H12BrNO4/c1-10(2,3)16-9(15)12-5-4-6(11)7(12)8(13)14/h4-5H,1-3H3,(H,13,14). The van der Waals surface area contributed by atoms with Gasteiger partial charge in [-0.25, -0.2) is 14.2 Å². The van der Waals surface area contributed by atoms with Crippen LogP contribution in [0.4, 0.5) is 4.79 Å². The van der Waals surface area contributed by atoms with Gasteiger partial charge in [-0.2, -0.15) is 0 Å². The second kappa shape index (κ2) is 4.29. The van der Waals surface area contributed by atoms with Crippen LogP contribution in [-0.2, 0) is 4.74 Å². The molecule has 1 rings (SSSR count). The summed E-state index contributed by atoms with van der Waals surface area (Å²) in [5.41, 5.74) is -0.807. The van der Waals surface area contributed by atoms with Gasteiger partial charge in [0.2, 0.25) is 0 Å². The second-order valence-corrected chi connectivity index (χ2v) is 5.02. The molecule has 1 N–H and O–H groups in total. The predicted molar refractivity (Wildman–Crippen MR) is 60.7 cm³/mol. The van der Waals surface area contributed by atoms with Crippen molar-refractivity contribution in [3.8, 4) is 0 Å². The van der Waals surface area contributed by atoms with Crippen molar-refractivity contribution in [1.82, 2.24) is 4.57 Å². The van der Waals surface area contributed by atoms with Gasteiger partial charge in [-0.05, 0) is 42.8 Å². The molecule has 0 unspecified atom stereocenters. The second-order valence-electron chi connectivity index (χ2n) is 4.17. The van der Waals surface area contributed by atoms with Crippen LogP contribution in [0.5, 0.6) is 0 Å². The number of aromatic carboxylic acids is 1. The molecule has 0 saturated carbocycles. The van der Waals surface area contributed by atoms with E-state index in [9.17, 15) is 9.59 Å². The van der Waals surface area contributed by atoms with Gasteiger partial charge in [-0.15, -0.1) is 0 Å². The predicted octanol–water partition coefficient (Wildman–Crippen LogP) is 2.73. The maximum atomic E-state index is 11.7. The van der Waals surface area contributed by atoms with Crippen molar-refractivity contribution in [1.29, 1.82) is 0 Å². The number of rotatable bonds is 1. The number of halogens is 1. The van der Waals surface area contributed by atoms with Crippen molar-refractivity contribution in [3.63, 3.8) is 0 Å². The Hall–Kier alpha value is -1.30. The molecule has 0 spiro atoms. The largest absolute Gasteiger partial charge is 0.477 e. The Morgan fingerprint density at radius 1 is 1.44 bits per heavy atom. The smallest absolute Gasteiger partial charge is 0.419 e. The van der Waals surface area contributed by atoms with Gasteiger partial charge in [0, 0.05) is 6.20 Å². The highest BCUT2D eigenvalue weighted by molar-refractivity contribution is 9.10. The monoisotopic (exact) mass is 289 g/mol. The van der Waals surface area contributed by atoms with Crippen LogP contribution in [0, 0.1) is 0 Å². The minimum Gasteiger partial charge on any atom is -0.477 e. The van der Waals surface area contributed by atoms with E-state index in [0.717, 1.165) is 4.57 Å². The summed E-state index contributed by atoms with van der Waals surface area (Å²) in [5, 5.41) is 8.92. The molecule has 0 aromatic carbocycles. The van der Waals surface area contributed by atoms with E-state index in [1.807, 2.05) is 0 Å². The zero-order chi connectivity index (χ0) is 12.5. The molecular formula is C10H12BrNO4. The minimum absolute atomic E-state index is 0.144. The summed E-state index contributed by atoms with van der Waals surface area (Å²) in [6.45, 7) is 5.14. The van der Waals surface area contributed by atoms with E-state index < -0.39 is 17.7 Å². The Morgan fingerprint density at radius 2 is 2.00 bits per heavy atom. The molecule has 0 aliphatic carbocycles. The number of carbonyl (C=O) groups excluding carboxylic acids is 1. The average molecular weight is 290 g/mol. The summed E-state index contributed by atoms with van der Waals surface area (Å²) in [7, 11) is 0. The first kappa shape index (κ1) is 12.8. The van der Waals surface area contributed by atoms with Gasteiger partial charge < -0.3 is 9.84 Å². The van der Waals surface area contributed by atoms with Crippen molar-refractivity contribution in [2.24, 2.45) is 0 Å². The third-order valence-corrected chi connectivity index (χ3v) is 2.27. The molecular weight excluding hydrogens is 278 g/mol. The number of carboxylic acid groups (broad SMARTS) is 1. The summed E-state index contributed by atoms with van der Waals surface area (Å²) < 4.78 is 6.36. The molecule has 1 heterocycles. The van der Waals surface area contributed by atoms with Crippen molar-refractivity contribution in [2.75, 3.05) is 0 Å². The summed E-state index contributed by atoms with van der Waals surface area (Å²) in [6, 6.07) is 1.48. The molecule has 0 radical (unpaired) electrons. The van der Waals surface area contributed by atoms with Crippen molar-refractivity contribution in [3.05, 3.63) is 22.4 Å². The van der Waals surface area contributed by atoms with Crippen LogP contribution in [0.25, 0.3) is 0 Å². The molecule has 0 aliphatic rings. The molecule has 5 nitrogen and oxygen atoms in total. The van der Waals surface area contributed by atoms with E-state index in [1.54, 1.807) is 20.8 Å². The molecule has 88 valence electrons. The quantitative estimate of drug-likeness (QED) is 0.863. The number of hydrogen-bond donors (Lipinski definition) is 1. The molecule has 1 aromatic rings. The molecule has 0 atom stereocenters. The van der Waals surface area contributed by atoms with Crippen LogP contribution < -0.4 is 0 Å². The first-order valence-corrected chi connectivity index (χ1v) is 5.35. The van der Waals surface area contributed by atoms with Crippen molar-refractivity contribution < 1.29 is 19.4 Å². The number of hydrogen-bond acceptors (Lipinski definition) is 3. The van der Waals surface area contributed by atoms with E-state index in [2.05, 4.69) is 15.9 Å². The SMILES string of the molecule is CC(C)(C)OC(=O)n1ccc(Br)c1C(=O)O. The molecule has 0 amide bonds. The Labute approximate surface area is 101 Å². The maximum absolute atomic E-state index is 11.7. The highest BCUT2D eigenvalue weighted by Crippen LogP contribution is 2.19. The molecule has 0 bridgehead atoms. The number of carboxylic acids is 1. The maximum Gasteiger partial charge on any atom is 0.419 e. The summed E-state index contributed by atoms with van der Waals surface area (Å²) in [6.07, 6.45) is 0.636. The zero-order valence-electron chi connectivity index (χ0n) is 9.15. The van der Waals surface area contributed by atoms with Gasteiger partial charge in [0.05, 0.1) is 4.47 Å². The van der Waals surface area contributed by atoms with Crippen LogP contribution in [0.3, 0.4) is 0 Å². The van der Waals surface area contributed by atoms with Gasteiger partial charge in [-0.3, -0.25) is 0 Å². The van der Waals surface area contributed by atoms with E-state index in [4.69, 9.17) is 9.84 Å². The molecule has 0 fully saturated rings. The van der Waals surface area contributed by atoms with Crippen LogP contribution in [-0.4, -0.2) is 27.3 Å². The van der Waals surface area contributed by atoms with Crippen LogP contribution in [0.1, 0.15) is 31.3 Å². The minimum atomic E-state index is -1.19. The van der Waals surface area contributed by atoms with E-state index in [1.165, 1.54) is 12.3 Å². The molecule has 16 heavy (non-hydrogen) atoms. The lowest BCUT2D eigenvalue weighted by atomic mass is 10.2. The zero-order valence-corrected chi connectivity index (χ0v) is 10.7. The fourth-order valence-electron chi connectivity index (χ4n) is 1.08. The summed E-state index contributed by atoms with van der Waals surface area (Å²) in [4.78, 5) is 22.6. The Kier molecular flexibility index (Phi) is 3.42. The van der Waals surface area contributed by atoms with Crippen molar-refractivity contribution >= 4 is 28.0 Å². The highest BCUT2D eigenvalue weighted by Gasteiger charge is 2.23. The number of aromatic nitrogens is 1. The third kappa shape index (κ3) is 2.85. The first-order chi connectivity index (χ1) is 7.22. The number of ether oxygens (including phenoxy) is 1. The van der Waals surface area contributed by atoms with Gasteiger partial charge >= 0.3 is 12.1 Å². The molecule has 0 saturated heterocycles. The lowest BCUT2D eigenvalue weighted by Gasteiger charge is -2.19. The third-order valence-electron chi connectivity index (χ3n) is 1.63. The lowest BCUT2D eigenvalue weighted by molar-refractivity contribution is 0.0505. The van der Waals surface area contributed by atoms with Gasteiger partial charge in [0.1, 0.15) is 5.60 Å². The normalized spacial score (nSPS) is 11.2. The van der Waals surface area contributed by atoms with Crippen molar-refractivity contribution in [2.45, 2.75) is 26.4 Å². The first-order valence-electron chi connectivity index (χ1n) is 4.56. The van der Waals surface area contributed by atoms with Gasteiger partial charge in [0.15, 0.2) is 5.69 Å². The Morgan fingerprint density at radius 3 is 2.44 bits per heavy atom. The molecule has 0 aliphatic heterocycles. The van der Waals surface area contributed by atoms with E-state index in [0.29, 0.717) is 4.47 Å². The number of nitrogens with zero attached hydrogens (tertiary/aromatic N) is 1. The highest BCUT2D eigenvalue weighted by atomic mass is 79.9. The van der Waals surface area contributed by atoms with Crippen LogP contribution >= 0.6 is 15.9 Å². The van der Waals surface area contributed by atoms with Gasteiger partial charge in [0.25, 0.3) is 0 Å². The van der Waals surface area contributed by atoms with E-state index >= 15 is 0 Å². The Bertz CT molecular complexity index is 431. The molecule has 1 aromatic heterocycles. The number of carbonyl (C=O) groups is 2. The average Bonchev–Trinajstić information content (AvgIpc) is 2.43. The molecule has 6 heteroatoms. The fraction of sp³-hybridized carbons (Fsp3) is 0.400. The summed E-state index contributed by atoms with van der Waals surface area (Å²) in [5.74, 6) is -1.19. The topological polar surface area (TPSA) is 68.5 Å². The lowest BCUT2D eigenvalue weighted by Crippen LogP contribution is -2.28. The Balaban J connectivity index is 3.05. The fourth-order valence-corrected chi connectivity index (χ4v) is 1.56. The van der Waals surface area contributed by atoms with E-state index in [-0.39, 0.29) is 5.69 Å². The van der Waals surface area contributed by atoms with Crippen LogP contribution in [0.2, 0.25) is 0 Å². The summed E-state index contributed by atoms with van der Waals surface area (Å²) >= 11 is 3.06. The van der Waals surface area contributed by atoms with Crippen LogP contribution in [0.15, 0.2) is 16.7 Å². The van der Waals surface area contributed by atoms with Gasteiger partial charge in [-0.1, -0.05) is 0 Å².